The molecule has 1 fully saturated rings. The zero-order chi connectivity index (χ0) is 17.2. The minimum Gasteiger partial charge on any atom is -0.488 e. The monoisotopic (exact) mass is 327 g/mol. The van der Waals surface area contributed by atoms with Gasteiger partial charge in [0.15, 0.2) is 0 Å². The highest BCUT2D eigenvalue weighted by atomic mass is 16.5. The fourth-order valence-electron chi connectivity index (χ4n) is 2.59. The van der Waals surface area contributed by atoms with E-state index in [0.29, 0.717) is 17.9 Å². The Morgan fingerprint density at radius 2 is 1.83 bits per heavy atom. The molecule has 7 nitrogen and oxygen atoms in total. The van der Waals surface area contributed by atoms with Crippen molar-refractivity contribution in [2.45, 2.75) is 25.5 Å². The van der Waals surface area contributed by atoms with Crippen LogP contribution in [0.2, 0.25) is 0 Å². The van der Waals surface area contributed by atoms with Crippen LogP contribution in [-0.2, 0) is 17.8 Å². The van der Waals surface area contributed by atoms with Crippen LogP contribution in [-0.4, -0.2) is 22.5 Å². The Labute approximate surface area is 138 Å². The number of aromatic amines is 1. The summed E-state index contributed by atoms with van der Waals surface area (Å²) in [5, 5.41) is 4.73. The average Bonchev–Trinajstić information content (AvgIpc) is 2.81. The number of amides is 3. The Balaban J connectivity index is 1.84. The van der Waals surface area contributed by atoms with E-state index in [4.69, 9.17) is 4.74 Å². The Morgan fingerprint density at radius 1 is 1.08 bits per heavy atom. The lowest BCUT2D eigenvalue weighted by Gasteiger charge is -2.21. The van der Waals surface area contributed by atoms with Crippen molar-refractivity contribution >= 4 is 11.9 Å². The van der Waals surface area contributed by atoms with Crippen molar-refractivity contribution in [2.24, 2.45) is 0 Å². The van der Waals surface area contributed by atoms with Crippen LogP contribution in [0.25, 0.3) is 0 Å². The molecule has 0 saturated carbocycles. The first-order chi connectivity index (χ1) is 11.5. The fraction of sp³-hybridized carbons (Fsp3) is 0.235. The molecule has 1 unspecified atom stereocenters. The van der Waals surface area contributed by atoms with Crippen LogP contribution in [0, 0.1) is 0 Å². The number of pyridine rings is 1. The summed E-state index contributed by atoms with van der Waals surface area (Å²) in [5.74, 6) is -0.0810. The zero-order valence-corrected chi connectivity index (χ0v) is 13.1. The van der Waals surface area contributed by atoms with Crippen molar-refractivity contribution in [3.05, 3.63) is 64.1 Å². The van der Waals surface area contributed by atoms with Gasteiger partial charge in [-0.15, -0.1) is 0 Å². The number of aromatic nitrogens is 1. The van der Waals surface area contributed by atoms with Crippen LogP contribution in [0.3, 0.4) is 0 Å². The number of carbonyl (C=O) groups excluding carboxylic acids is 2. The van der Waals surface area contributed by atoms with Crippen LogP contribution in [0.5, 0.6) is 5.75 Å². The van der Waals surface area contributed by atoms with Gasteiger partial charge < -0.3 is 15.0 Å². The molecule has 0 spiro atoms. The van der Waals surface area contributed by atoms with Crippen LogP contribution in [0.15, 0.2) is 47.4 Å². The maximum atomic E-state index is 12.2. The zero-order valence-electron chi connectivity index (χ0n) is 13.1. The third kappa shape index (κ3) is 3.15. The number of ether oxygens (including phenoxy) is 1. The molecule has 1 atom stereocenters. The van der Waals surface area contributed by atoms with Crippen molar-refractivity contribution in [2.75, 3.05) is 0 Å². The first-order valence-corrected chi connectivity index (χ1v) is 7.49. The second kappa shape index (κ2) is 6.19. The number of hydrogen-bond donors (Lipinski definition) is 3. The number of benzene rings is 1. The maximum absolute atomic E-state index is 12.2. The number of imide groups is 1. The van der Waals surface area contributed by atoms with E-state index < -0.39 is 17.5 Å². The molecule has 3 rings (SSSR count). The van der Waals surface area contributed by atoms with Gasteiger partial charge in [-0.25, -0.2) is 4.79 Å². The Hall–Kier alpha value is -3.09. The molecule has 3 N–H and O–H groups in total. The van der Waals surface area contributed by atoms with Crippen molar-refractivity contribution in [1.82, 2.24) is 15.6 Å². The normalized spacial score (nSPS) is 19.7. The van der Waals surface area contributed by atoms with Crippen molar-refractivity contribution in [1.29, 1.82) is 0 Å². The van der Waals surface area contributed by atoms with E-state index in [2.05, 4.69) is 15.6 Å². The van der Waals surface area contributed by atoms with Crippen LogP contribution in [0.1, 0.15) is 18.1 Å². The topological polar surface area (TPSA) is 100 Å². The van der Waals surface area contributed by atoms with E-state index in [1.54, 1.807) is 13.0 Å². The predicted octanol–water partition coefficient (Wildman–Crippen LogP) is 1.09. The fourth-order valence-corrected chi connectivity index (χ4v) is 2.59. The van der Waals surface area contributed by atoms with Gasteiger partial charge in [-0.1, -0.05) is 30.3 Å². The van der Waals surface area contributed by atoms with Crippen molar-refractivity contribution in [3.8, 4) is 5.75 Å². The second-order valence-electron chi connectivity index (χ2n) is 5.84. The molecule has 2 aromatic rings. The lowest BCUT2D eigenvalue weighted by molar-refractivity contribution is -0.123. The number of rotatable bonds is 5. The van der Waals surface area contributed by atoms with Crippen molar-refractivity contribution in [3.63, 3.8) is 0 Å². The van der Waals surface area contributed by atoms with Gasteiger partial charge in [0.2, 0.25) is 0 Å². The van der Waals surface area contributed by atoms with E-state index in [9.17, 15) is 14.4 Å². The van der Waals surface area contributed by atoms with E-state index in [1.807, 2.05) is 30.3 Å². The van der Waals surface area contributed by atoms with Gasteiger partial charge in [-0.2, -0.15) is 0 Å². The molecule has 0 bridgehead atoms. The molecule has 0 aliphatic carbocycles. The van der Waals surface area contributed by atoms with E-state index in [-0.39, 0.29) is 12.0 Å². The molecule has 1 aromatic carbocycles. The van der Waals surface area contributed by atoms with Crippen LogP contribution in [0.4, 0.5) is 4.79 Å². The number of carbonyl (C=O) groups is 2. The molecule has 1 aliphatic rings. The van der Waals surface area contributed by atoms with Gasteiger partial charge in [0.1, 0.15) is 17.9 Å². The highest BCUT2D eigenvalue weighted by Gasteiger charge is 2.43. The molecule has 1 aliphatic heterocycles. The smallest absolute Gasteiger partial charge is 0.322 e. The van der Waals surface area contributed by atoms with Gasteiger partial charge in [0.05, 0.1) is 5.56 Å². The number of nitrogens with one attached hydrogen (secondary N) is 3. The maximum Gasteiger partial charge on any atom is 0.322 e. The third-order valence-electron chi connectivity index (χ3n) is 3.91. The van der Waals surface area contributed by atoms with Crippen LogP contribution >= 0.6 is 0 Å². The summed E-state index contributed by atoms with van der Waals surface area (Å²) in [4.78, 5) is 38.1. The summed E-state index contributed by atoms with van der Waals surface area (Å²) < 4.78 is 5.76. The number of urea groups is 1. The molecule has 124 valence electrons. The number of H-pyrrole nitrogens is 1. The Kier molecular flexibility index (Phi) is 4.07. The molecular weight excluding hydrogens is 310 g/mol. The van der Waals surface area contributed by atoms with Gasteiger partial charge in [-0.3, -0.25) is 14.9 Å². The van der Waals surface area contributed by atoms with Crippen molar-refractivity contribution < 1.29 is 14.3 Å². The molecule has 2 heterocycles. The average molecular weight is 327 g/mol. The minimum absolute atomic E-state index is 0.0326. The second-order valence-corrected chi connectivity index (χ2v) is 5.84. The number of hydrogen-bond acceptors (Lipinski definition) is 4. The first-order valence-electron chi connectivity index (χ1n) is 7.49. The highest BCUT2D eigenvalue weighted by Crippen LogP contribution is 2.22. The van der Waals surface area contributed by atoms with Gasteiger partial charge in [0, 0.05) is 12.6 Å². The summed E-state index contributed by atoms with van der Waals surface area (Å²) in [6, 6.07) is 10.6. The molecule has 1 aromatic heterocycles. The Bertz CT molecular complexity index is 831. The summed E-state index contributed by atoms with van der Waals surface area (Å²) in [7, 11) is 0. The lowest BCUT2D eigenvalue weighted by atomic mass is 9.93. The van der Waals surface area contributed by atoms with Gasteiger partial charge in [-0.05, 0) is 18.6 Å². The van der Waals surface area contributed by atoms with Gasteiger partial charge >= 0.3 is 6.03 Å². The van der Waals surface area contributed by atoms with Crippen LogP contribution < -0.4 is 20.9 Å². The summed E-state index contributed by atoms with van der Waals surface area (Å²) in [6.45, 7) is 1.87. The molecule has 3 amide bonds. The Morgan fingerprint density at radius 3 is 2.50 bits per heavy atom. The third-order valence-corrected chi connectivity index (χ3v) is 3.91. The quantitative estimate of drug-likeness (QED) is 0.716. The SMILES string of the molecule is CC1(Cc2c(OCc3ccccc3)cc[nH]c2=O)NC(=O)NC1=O. The molecule has 1 saturated heterocycles. The predicted molar refractivity (Wildman–Crippen MR) is 86.6 cm³/mol. The summed E-state index contributed by atoms with van der Waals surface area (Å²) in [5.41, 5.74) is -0.262. The lowest BCUT2D eigenvalue weighted by Crippen LogP contribution is -2.46. The summed E-state index contributed by atoms with van der Waals surface area (Å²) in [6.07, 6.45) is 1.52. The summed E-state index contributed by atoms with van der Waals surface area (Å²) >= 11 is 0. The molecule has 24 heavy (non-hydrogen) atoms. The standard InChI is InChI=1S/C17H17N3O4/c1-17(15(22)19-16(23)20-17)9-12-13(7-8-18-14(12)21)24-10-11-5-3-2-4-6-11/h2-8H,9-10H2,1H3,(H,18,21)(H2,19,20,22,23). The largest absolute Gasteiger partial charge is 0.488 e. The van der Waals surface area contributed by atoms with E-state index in [0.717, 1.165) is 5.56 Å². The minimum atomic E-state index is -1.18. The van der Waals surface area contributed by atoms with E-state index >= 15 is 0 Å². The highest BCUT2D eigenvalue weighted by molar-refractivity contribution is 6.06. The van der Waals surface area contributed by atoms with Gasteiger partial charge in [0.25, 0.3) is 11.5 Å². The molecule has 7 heteroatoms. The first kappa shape index (κ1) is 15.8. The molecular formula is C17H17N3O4. The van der Waals surface area contributed by atoms with E-state index in [1.165, 1.54) is 6.20 Å². The molecule has 0 radical (unpaired) electrons.